The van der Waals surface area contributed by atoms with Gasteiger partial charge in [-0.3, -0.25) is 0 Å². The number of hydrogen-bond donors (Lipinski definition) is 1. The first-order valence-corrected chi connectivity index (χ1v) is 8.35. The van der Waals surface area contributed by atoms with Crippen LogP contribution < -0.4 is 5.73 Å². The first kappa shape index (κ1) is 14.1. The Morgan fingerprint density at radius 1 is 1.10 bits per heavy atom. The molecule has 1 heterocycles. The highest BCUT2D eigenvalue weighted by atomic mass is 16.5. The number of nitrogens with two attached hydrogens (primary N) is 1. The van der Waals surface area contributed by atoms with Crippen molar-refractivity contribution in [2.75, 3.05) is 0 Å². The molecule has 4 atom stereocenters. The summed E-state index contributed by atoms with van der Waals surface area (Å²) in [5.74, 6) is 3.55. The van der Waals surface area contributed by atoms with Crippen molar-refractivity contribution in [3.8, 4) is 0 Å². The topological polar surface area (TPSA) is 64.9 Å². The molecule has 20 heavy (non-hydrogen) atoms. The predicted octanol–water partition coefficient (Wildman–Crippen LogP) is 3.74. The summed E-state index contributed by atoms with van der Waals surface area (Å²) < 4.78 is 5.56. The number of rotatable bonds is 3. The van der Waals surface area contributed by atoms with Crippen LogP contribution in [-0.2, 0) is 0 Å². The summed E-state index contributed by atoms with van der Waals surface area (Å²) in [6.07, 6.45) is 10.9. The van der Waals surface area contributed by atoms with Gasteiger partial charge in [0, 0.05) is 17.9 Å². The van der Waals surface area contributed by atoms with Crippen LogP contribution >= 0.6 is 0 Å². The van der Waals surface area contributed by atoms with Gasteiger partial charge in [-0.2, -0.15) is 4.98 Å². The van der Waals surface area contributed by atoms with Gasteiger partial charge < -0.3 is 10.3 Å². The highest BCUT2D eigenvalue weighted by molar-refractivity contribution is 5.02. The Labute approximate surface area is 121 Å². The van der Waals surface area contributed by atoms with Gasteiger partial charge in [-0.1, -0.05) is 37.8 Å². The van der Waals surface area contributed by atoms with E-state index in [4.69, 9.17) is 15.2 Å². The van der Waals surface area contributed by atoms with Crippen LogP contribution in [0.2, 0.25) is 0 Å². The Morgan fingerprint density at radius 2 is 1.90 bits per heavy atom. The van der Waals surface area contributed by atoms with Crippen molar-refractivity contribution < 1.29 is 4.52 Å². The first-order chi connectivity index (χ1) is 9.76. The van der Waals surface area contributed by atoms with E-state index in [-0.39, 0.29) is 0 Å². The molecule has 0 spiro atoms. The van der Waals surface area contributed by atoms with Crippen LogP contribution in [0.1, 0.15) is 88.3 Å². The molecule has 1 aromatic rings. The molecule has 4 nitrogen and oxygen atoms in total. The maximum atomic E-state index is 6.06. The van der Waals surface area contributed by atoms with Gasteiger partial charge in [-0.05, 0) is 38.0 Å². The number of nitrogens with zero attached hydrogens (tertiary/aromatic N) is 2. The van der Waals surface area contributed by atoms with Crippen molar-refractivity contribution in [3.05, 3.63) is 11.7 Å². The fraction of sp³-hybridized carbons (Fsp3) is 0.875. The van der Waals surface area contributed by atoms with Crippen LogP contribution in [0.3, 0.4) is 0 Å². The summed E-state index contributed by atoms with van der Waals surface area (Å²) in [4.78, 5) is 4.73. The molecule has 4 unspecified atom stereocenters. The maximum absolute atomic E-state index is 6.06. The molecule has 0 bridgehead atoms. The molecule has 112 valence electrons. The van der Waals surface area contributed by atoms with Crippen LogP contribution in [0.5, 0.6) is 0 Å². The summed E-state index contributed by atoms with van der Waals surface area (Å²) in [7, 11) is 0. The largest absolute Gasteiger partial charge is 0.339 e. The van der Waals surface area contributed by atoms with Crippen LogP contribution in [0.4, 0.5) is 0 Å². The standard InChI is InChI=1S/C16H27N3O/c1-2-11-5-3-6-12(9-11)15-18-16(20-19-15)13-7-4-8-14(17)10-13/h11-14H,2-10,17H2,1H3. The molecule has 2 saturated carbocycles. The third kappa shape index (κ3) is 3.05. The highest BCUT2D eigenvalue weighted by Crippen LogP contribution is 2.37. The van der Waals surface area contributed by atoms with Crippen LogP contribution in [0.15, 0.2) is 4.52 Å². The molecule has 0 aromatic carbocycles. The van der Waals surface area contributed by atoms with Gasteiger partial charge in [0.1, 0.15) is 0 Å². The van der Waals surface area contributed by atoms with Gasteiger partial charge in [0.05, 0.1) is 0 Å². The van der Waals surface area contributed by atoms with Crippen LogP contribution in [0.25, 0.3) is 0 Å². The summed E-state index contributed by atoms with van der Waals surface area (Å²) in [5, 5.41) is 4.28. The average Bonchev–Trinajstić information content (AvgIpc) is 2.97. The fourth-order valence-corrected chi connectivity index (χ4v) is 3.93. The molecule has 0 amide bonds. The van der Waals surface area contributed by atoms with Crippen molar-refractivity contribution in [2.24, 2.45) is 11.7 Å². The van der Waals surface area contributed by atoms with Gasteiger partial charge in [0.25, 0.3) is 0 Å². The van der Waals surface area contributed by atoms with E-state index in [1.54, 1.807) is 0 Å². The minimum absolute atomic E-state index is 0.309. The second kappa shape index (κ2) is 6.25. The third-order valence-electron chi connectivity index (χ3n) is 5.25. The number of hydrogen-bond acceptors (Lipinski definition) is 4. The van der Waals surface area contributed by atoms with Gasteiger partial charge in [0.15, 0.2) is 5.82 Å². The molecule has 4 heteroatoms. The quantitative estimate of drug-likeness (QED) is 0.914. The Bertz CT molecular complexity index is 431. The highest BCUT2D eigenvalue weighted by Gasteiger charge is 2.29. The zero-order valence-corrected chi connectivity index (χ0v) is 12.6. The van der Waals surface area contributed by atoms with E-state index in [9.17, 15) is 0 Å². The minimum Gasteiger partial charge on any atom is -0.339 e. The van der Waals surface area contributed by atoms with Crippen molar-refractivity contribution in [1.29, 1.82) is 0 Å². The summed E-state index contributed by atoms with van der Waals surface area (Å²) in [6.45, 7) is 2.29. The zero-order chi connectivity index (χ0) is 13.9. The molecule has 2 N–H and O–H groups in total. The van der Waals surface area contributed by atoms with Crippen molar-refractivity contribution in [1.82, 2.24) is 10.1 Å². The van der Waals surface area contributed by atoms with E-state index in [1.165, 1.54) is 38.5 Å². The van der Waals surface area contributed by atoms with E-state index in [1.807, 2.05) is 0 Å². The van der Waals surface area contributed by atoms with Gasteiger partial charge >= 0.3 is 0 Å². The van der Waals surface area contributed by atoms with Crippen molar-refractivity contribution in [2.45, 2.75) is 82.6 Å². The second-order valence-electron chi connectivity index (χ2n) is 6.75. The SMILES string of the molecule is CCC1CCCC(c2noc(C3CCCC(N)C3)n2)C1. The number of aromatic nitrogens is 2. The Kier molecular flexibility index (Phi) is 4.39. The summed E-state index contributed by atoms with van der Waals surface area (Å²) in [5.41, 5.74) is 6.06. The Hall–Kier alpha value is -0.900. The summed E-state index contributed by atoms with van der Waals surface area (Å²) >= 11 is 0. The maximum Gasteiger partial charge on any atom is 0.229 e. The zero-order valence-electron chi connectivity index (χ0n) is 12.6. The van der Waals surface area contributed by atoms with E-state index in [0.717, 1.165) is 36.9 Å². The normalized spacial score (nSPS) is 35.1. The van der Waals surface area contributed by atoms with E-state index in [2.05, 4.69) is 12.1 Å². The molecule has 2 fully saturated rings. The van der Waals surface area contributed by atoms with Crippen LogP contribution in [0, 0.1) is 5.92 Å². The lowest BCUT2D eigenvalue weighted by atomic mass is 9.80. The van der Waals surface area contributed by atoms with Crippen molar-refractivity contribution >= 4 is 0 Å². The predicted molar refractivity (Wildman–Crippen MR) is 78.5 cm³/mol. The second-order valence-corrected chi connectivity index (χ2v) is 6.75. The lowest BCUT2D eigenvalue weighted by Gasteiger charge is -2.26. The van der Waals surface area contributed by atoms with E-state index < -0.39 is 0 Å². The average molecular weight is 277 g/mol. The molecular weight excluding hydrogens is 250 g/mol. The van der Waals surface area contributed by atoms with Crippen LogP contribution in [-0.4, -0.2) is 16.2 Å². The van der Waals surface area contributed by atoms with Gasteiger partial charge in [0.2, 0.25) is 5.89 Å². The lowest BCUT2D eigenvalue weighted by molar-refractivity contribution is 0.285. The lowest BCUT2D eigenvalue weighted by Crippen LogP contribution is -2.27. The van der Waals surface area contributed by atoms with E-state index in [0.29, 0.717) is 17.9 Å². The van der Waals surface area contributed by atoms with Crippen molar-refractivity contribution in [3.63, 3.8) is 0 Å². The first-order valence-electron chi connectivity index (χ1n) is 8.35. The minimum atomic E-state index is 0.309. The molecule has 3 rings (SSSR count). The monoisotopic (exact) mass is 277 g/mol. The molecule has 0 saturated heterocycles. The molecule has 0 radical (unpaired) electrons. The molecule has 2 aliphatic rings. The smallest absolute Gasteiger partial charge is 0.229 e. The van der Waals surface area contributed by atoms with Gasteiger partial charge in [-0.25, -0.2) is 0 Å². The molecule has 2 aliphatic carbocycles. The Morgan fingerprint density at radius 3 is 2.70 bits per heavy atom. The summed E-state index contributed by atoms with van der Waals surface area (Å²) in [6, 6.07) is 0.309. The van der Waals surface area contributed by atoms with E-state index >= 15 is 0 Å². The Balaban J connectivity index is 1.66. The molecular formula is C16H27N3O. The third-order valence-corrected chi connectivity index (χ3v) is 5.25. The van der Waals surface area contributed by atoms with Gasteiger partial charge in [-0.15, -0.1) is 0 Å². The molecule has 1 aromatic heterocycles. The fourth-order valence-electron chi connectivity index (χ4n) is 3.93. The molecule has 0 aliphatic heterocycles.